The van der Waals surface area contributed by atoms with Crippen molar-refractivity contribution in [3.05, 3.63) is 63.4 Å². The van der Waals surface area contributed by atoms with Crippen LogP contribution in [0.1, 0.15) is 30.5 Å². The van der Waals surface area contributed by atoms with Gasteiger partial charge in [0.15, 0.2) is 18.1 Å². The van der Waals surface area contributed by atoms with Crippen molar-refractivity contribution >= 4 is 22.5 Å². The molecule has 150 valence electrons. The molecule has 1 aliphatic rings. The van der Waals surface area contributed by atoms with E-state index in [0.717, 1.165) is 22.9 Å². The molecule has 0 spiro atoms. The van der Waals surface area contributed by atoms with Crippen molar-refractivity contribution < 1.29 is 14.3 Å². The third kappa shape index (κ3) is 3.70. The van der Waals surface area contributed by atoms with Crippen LogP contribution in [0.15, 0.2) is 41.2 Å². The van der Waals surface area contributed by atoms with Gasteiger partial charge in [0.25, 0.3) is 11.5 Å². The number of hydrogen-bond acceptors (Lipinski definition) is 4. The number of pyridine rings is 1. The minimum Gasteiger partial charge on any atom is -0.483 e. The zero-order chi connectivity index (χ0) is 20.8. The van der Waals surface area contributed by atoms with Gasteiger partial charge < -0.3 is 19.8 Å². The Bertz CT molecular complexity index is 1180. The Kier molecular flexibility index (Phi) is 4.57. The van der Waals surface area contributed by atoms with Gasteiger partial charge in [0.1, 0.15) is 5.60 Å². The van der Waals surface area contributed by atoms with E-state index in [2.05, 4.69) is 10.3 Å². The molecular weight excluding hydrogens is 368 g/mol. The van der Waals surface area contributed by atoms with Gasteiger partial charge in [-0.05, 0) is 51.5 Å². The molecule has 0 unspecified atom stereocenters. The van der Waals surface area contributed by atoms with E-state index < -0.39 is 0 Å². The minimum absolute atomic E-state index is 0.123. The lowest BCUT2D eigenvalue weighted by molar-refractivity contribution is -0.118. The maximum atomic E-state index is 12.4. The summed E-state index contributed by atoms with van der Waals surface area (Å²) in [5.41, 5.74) is 3.60. The third-order valence-electron chi connectivity index (χ3n) is 5.27. The SMILES string of the molecule is Cc1c(C)c2ccc(NC(=O)COc3cccc4c3OC(C)(C)C4)cc2[nH]c1=O. The van der Waals surface area contributed by atoms with Crippen LogP contribution in [-0.2, 0) is 11.2 Å². The first-order valence-corrected chi connectivity index (χ1v) is 9.60. The van der Waals surface area contributed by atoms with E-state index in [1.165, 1.54) is 0 Å². The van der Waals surface area contributed by atoms with Crippen LogP contribution in [0.2, 0.25) is 0 Å². The number of para-hydroxylation sites is 1. The number of anilines is 1. The summed E-state index contributed by atoms with van der Waals surface area (Å²) in [6.07, 6.45) is 0.805. The number of amides is 1. The van der Waals surface area contributed by atoms with Crippen LogP contribution in [0.4, 0.5) is 5.69 Å². The molecule has 1 aliphatic heterocycles. The lowest BCUT2D eigenvalue weighted by Gasteiger charge is -2.18. The Hall–Kier alpha value is -3.28. The number of ether oxygens (including phenoxy) is 2. The van der Waals surface area contributed by atoms with Crippen LogP contribution in [0.5, 0.6) is 11.5 Å². The highest BCUT2D eigenvalue weighted by Crippen LogP contribution is 2.41. The maximum absolute atomic E-state index is 12.4. The first kappa shape index (κ1) is 19.1. The highest BCUT2D eigenvalue weighted by Gasteiger charge is 2.32. The normalized spacial score (nSPS) is 14.3. The Balaban J connectivity index is 1.47. The second-order valence-electron chi connectivity index (χ2n) is 8.08. The summed E-state index contributed by atoms with van der Waals surface area (Å²) in [4.78, 5) is 27.3. The van der Waals surface area contributed by atoms with E-state index in [4.69, 9.17) is 9.47 Å². The number of aryl methyl sites for hydroxylation is 1. The van der Waals surface area contributed by atoms with E-state index >= 15 is 0 Å². The topological polar surface area (TPSA) is 80.4 Å². The molecule has 0 saturated heterocycles. The van der Waals surface area contributed by atoms with E-state index in [9.17, 15) is 9.59 Å². The number of nitrogens with one attached hydrogen (secondary N) is 2. The highest BCUT2D eigenvalue weighted by atomic mass is 16.5. The predicted octanol–water partition coefficient (Wildman–Crippen LogP) is 3.88. The lowest BCUT2D eigenvalue weighted by atomic mass is 10.0. The molecule has 0 atom stereocenters. The fraction of sp³-hybridized carbons (Fsp3) is 0.304. The van der Waals surface area contributed by atoms with Crippen molar-refractivity contribution in [1.82, 2.24) is 4.98 Å². The molecule has 0 radical (unpaired) electrons. The molecule has 29 heavy (non-hydrogen) atoms. The van der Waals surface area contributed by atoms with Crippen LogP contribution in [0.25, 0.3) is 10.9 Å². The van der Waals surface area contributed by atoms with Gasteiger partial charge in [-0.25, -0.2) is 0 Å². The Morgan fingerprint density at radius 3 is 2.79 bits per heavy atom. The van der Waals surface area contributed by atoms with Crippen LogP contribution < -0.4 is 20.3 Å². The number of fused-ring (bicyclic) bond motifs is 2. The van der Waals surface area contributed by atoms with Gasteiger partial charge in [0.2, 0.25) is 0 Å². The zero-order valence-electron chi connectivity index (χ0n) is 17.0. The first-order valence-electron chi connectivity index (χ1n) is 9.60. The smallest absolute Gasteiger partial charge is 0.262 e. The van der Waals surface area contributed by atoms with Gasteiger partial charge >= 0.3 is 0 Å². The first-order chi connectivity index (χ1) is 13.7. The van der Waals surface area contributed by atoms with E-state index in [1.54, 1.807) is 19.1 Å². The molecule has 2 N–H and O–H groups in total. The van der Waals surface area contributed by atoms with Crippen molar-refractivity contribution in [2.24, 2.45) is 0 Å². The average molecular weight is 392 g/mol. The van der Waals surface area contributed by atoms with Crippen molar-refractivity contribution in [1.29, 1.82) is 0 Å². The standard InChI is InChI=1S/C23H24N2O4/c1-13-14(2)22(27)25-18-10-16(8-9-17(13)18)24-20(26)12-28-19-7-5-6-15-11-23(3,4)29-21(15)19/h5-10H,11-12H2,1-4H3,(H,24,26)(H,25,27). The van der Waals surface area contributed by atoms with Crippen molar-refractivity contribution in [3.8, 4) is 11.5 Å². The molecule has 1 amide bonds. The fourth-order valence-corrected chi connectivity index (χ4v) is 3.68. The number of carbonyl (C=O) groups is 1. The number of carbonyl (C=O) groups excluding carboxylic acids is 1. The lowest BCUT2D eigenvalue weighted by Crippen LogP contribution is -2.25. The molecule has 6 heteroatoms. The second kappa shape index (κ2) is 6.95. The quantitative estimate of drug-likeness (QED) is 0.706. The second-order valence-corrected chi connectivity index (χ2v) is 8.08. The van der Waals surface area contributed by atoms with Gasteiger partial charge in [-0.15, -0.1) is 0 Å². The van der Waals surface area contributed by atoms with Crippen LogP contribution in [0.3, 0.4) is 0 Å². The Morgan fingerprint density at radius 2 is 2.00 bits per heavy atom. The number of rotatable bonds is 4. The molecule has 4 rings (SSSR count). The molecule has 0 fully saturated rings. The predicted molar refractivity (Wildman–Crippen MR) is 113 cm³/mol. The van der Waals surface area contributed by atoms with E-state index in [-0.39, 0.29) is 23.7 Å². The zero-order valence-corrected chi connectivity index (χ0v) is 17.0. The Labute approximate surface area is 168 Å². The molecule has 3 aromatic rings. The summed E-state index contributed by atoms with van der Waals surface area (Å²) in [5.74, 6) is 0.988. The Morgan fingerprint density at radius 1 is 1.21 bits per heavy atom. The summed E-state index contributed by atoms with van der Waals surface area (Å²) in [6.45, 7) is 7.63. The van der Waals surface area contributed by atoms with Gasteiger partial charge in [-0.3, -0.25) is 9.59 Å². The monoisotopic (exact) mass is 392 g/mol. The third-order valence-corrected chi connectivity index (χ3v) is 5.27. The molecule has 1 aromatic heterocycles. The van der Waals surface area contributed by atoms with Crippen molar-refractivity contribution in [3.63, 3.8) is 0 Å². The van der Waals surface area contributed by atoms with E-state index in [0.29, 0.717) is 28.3 Å². The molecule has 0 saturated carbocycles. The molecule has 2 heterocycles. The molecule has 0 bridgehead atoms. The molecule has 0 aliphatic carbocycles. The number of H-pyrrole nitrogens is 1. The summed E-state index contributed by atoms with van der Waals surface area (Å²) in [5, 5.41) is 3.77. The van der Waals surface area contributed by atoms with Crippen LogP contribution in [-0.4, -0.2) is 23.1 Å². The summed E-state index contributed by atoms with van der Waals surface area (Å²) < 4.78 is 11.7. The van der Waals surface area contributed by atoms with Gasteiger partial charge in [0, 0.05) is 28.6 Å². The van der Waals surface area contributed by atoms with E-state index in [1.807, 2.05) is 45.0 Å². The summed E-state index contributed by atoms with van der Waals surface area (Å²) in [7, 11) is 0. The summed E-state index contributed by atoms with van der Waals surface area (Å²) >= 11 is 0. The van der Waals surface area contributed by atoms with Gasteiger partial charge in [0.05, 0.1) is 5.52 Å². The minimum atomic E-state index is -0.287. The van der Waals surface area contributed by atoms with Gasteiger partial charge in [-0.1, -0.05) is 18.2 Å². The number of aromatic nitrogens is 1. The molecule has 2 aromatic carbocycles. The highest BCUT2D eigenvalue weighted by molar-refractivity contribution is 5.95. The maximum Gasteiger partial charge on any atom is 0.262 e. The molecule has 6 nitrogen and oxygen atoms in total. The summed E-state index contributed by atoms with van der Waals surface area (Å²) in [6, 6.07) is 11.2. The van der Waals surface area contributed by atoms with Crippen molar-refractivity contribution in [2.75, 3.05) is 11.9 Å². The van der Waals surface area contributed by atoms with Crippen LogP contribution in [0, 0.1) is 13.8 Å². The largest absolute Gasteiger partial charge is 0.483 e. The number of aromatic amines is 1. The average Bonchev–Trinajstić information content (AvgIpc) is 2.99. The fourth-order valence-electron chi connectivity index (χ4n) is 3.68. The van der Waals surface area contributed by atoms with Crippen molar-refractivity contribution in [2.45, 2.75) is 39.7 Å². The van der Waals surface area contributed by atoms with Gasteiger partial charge in [-0.2, -0.15) is 0 Å². The number of hydrogen-bond donors (Lipinski definition) is 2. The van der Waals surface area contributed by atoms with Crippen LogP contribution >= 0.6 is 0 Å². The molecular formula is C23H24N2O4. The number of benzene rings is 2.